The Kier molecular flexibility index (Phi) is 6.87. The summed E-state index contributed by atoms with van der Waals surface area (Å²) in [7, 11) is -3.82. The van der Waals surface area contributed by atoms with Gasteiger partial charge in [0.05, 0.1) is 10.8 Å². The highest BCUT2D eigenvalue weighted by Gasteiger charge is 2.50. The third-order valence-corrected chi connectivity index (χ3v) is 8.14. The van der Waals surface area contributed by atoms with Gasteiger partial charge in [0.2, 0.25) is 15.9 Å². The summed E-state index contributed by atoms with van der Waals surface area (Å²) < 4.78 is 33.7. The van der Waals surface area contributed by atoms with Crippen molar-refractivity contribution in [2.45, 2.75) is 37.3 Å². The van der Waals surface area contributed by atoms with Crippen molar-refractivity contribution in [2.24, 2.45) is 0 Å². The number of pyridine rings is 1. The number of aryl methyl sites for hydroxylation is 1. The van der Waals surface area contributed by atoms with E-state index in [1.165, 1.54) is 10.5 Å². The first-order chi connectivity index (χ1) is 15.8. The van der Waals surface area contributed by atoms with Crippen molar-refractivity contribution in [3.63, 3.8) is 0 Å². The second-order valence-electron chi connectivity index (χ2n) is 8.26. The molecule has 3 amide bonds. The highest BCUT2D eigenvalue weighted by atomic mass is 35.5. The van der Waals surface area contributed by atoms with Crippen molar-refractivity contribution in [2.75, 3.05) is 18.8 Å². The number of carbonyl (C=O) groups is 2. The maximum Gasteiger partial charge on any atom is 0.322 e. The molecule has 1 aromatic carbocycles. The lowest BCUT2D eigenvalue weighted by Crippen LogP contribution is -2.56. The Balaban J connectivity index is 1.40. The highest BCUT2D eigenvalue weighted by Crippen LogP contribution is 2.26. The Bertz CT molecular complexity index is 1110. The molecule has 176 valence electrons. The fourth-order valence-electron chi connectivity index (χ4n) is 4.11. The number of carbonyl (C=O) groups excluding carboxylic acids is 2. The third-order valence-electron chi connectivity index (χ3n) is 5.91. The van der Waals surface area contributed by atoms with Crippen LogP contribution in [-0.4, -0.2) is 60.1 Å². The normalized spacial score (nSPS) is 22.1. The van der Waals surface area contributed by atoms with Gasteiger partial charge < -0.3 is 10.1 Å². The van der Waals surface area contributed by atoms with E-state index in [-0.39, 0.29) is 25.6 Å². The van der Waals surface area contributed by atoms with Gasteiger partial charge in [-0.05, 0) is 37.3 Å². The Morgan fingerprint density at radius 1 is 1.12 bits per heavy atom. The second-order valence-corrected chi connectivity index (χ2v) is 10.7. The van der Waals surface area contributed by atoms with Gasteiger partial charge in [-0.3, -0.25) is 10.1 Å². The molecule has 2 aliphatic rings. The van der Waals surface area contributed by atoms with Crippen LogP contribution in [0.15, 0.2) is 48.7 Å². The molecule has 1 atom stereocenters. The molecule has 3 heterocycles. The second kappa shape index (κ2) is 9.66. The largest absolute Gasteiger partial charge is 0.474 e. The summed E-state index contributed by atoms with van der Waals surface area (Å²) in [4.78, 5) is 28.7. The lowest BCUT2D eigenvalue weighted by Gasteiger charge is -2.34. The molecule has 2 N–H and O–H groups in total. The fraction of sp³-hybridized carbons (Fsp3) is 0.409. The number of nitrogens with one attached hydrogen (secondary N) is 2. The zero-order valence-electron chi connectivity index (χ0n) is 17.9. The molecule has 11 heteroatoms. The number of imide groups is 1. The topological polar surface area (TPSA) is 118 Å². The number of aromatic nitrogens is 1. The summed E-state index contributed by atoms with van der Waals surface area (Å²) in [5.41, 5.74) is -0.552. The van der Waals surface area contributed by atoms with E-state index < -0.39 is 33.3 Å². The van der Waals surface area contributed by atoms with Crippen LogP contribution in [0.25, 0.3) is 0 Å². The van der Waals surface area contributed by atoms with Crippen molar-refractivity contribution in [1.29, 1.82) is 0 Å². The van der Waals surface area contributed by atoms with E-state index in [1.807, 2.05) is 30.3 Å². The molecule has 0 spiro atoms. The van der Waals surface area contributed by atoms with Crippen LogP contribution in [0, 0.1) is 0 Å². The molecule has 2 aromatic rings. The number of benzene rings is 1. The van der Waals surface area contributed by atoms with Gasteiger partial charge in [-0.2, -0.15) is 0 Å². The number of sulfonamides is 1. The number of amides is 3. The number of piperidine rings is 1. The number of urea groups is 1. The van der Waals surface area contributed by atoms with Gasteiger partial charge in [0.25, 0.3) is 5.91 Å². The van der Waals surface area contributed by atoms with Crippen molar-refractivity contribution < 1.29 is 22.7 Å². The summed E-state index contributed by atoms with van der Waals surface area (Å²) in [5.74, 6) is -0.667. The number of ether oxygens (including phenoxy) is 1. The molecule has 0 aliphatic carbocycles. The Morgan fingerprint density at radius 2 is 1.85 bits per heavy atom. The number of nitrogens with zero attached hydrogens (tertiary/aromatic N) is 2. The smallest absolute Gasteiger partial charge is 0.322 e. The predicted molar refractivity (Wildman–Crippen MR) is 122 cm³/mol. The van der Waals surface area contributed by atoms with E-state index in [0.717, 1.165) is 5.56 Å². The van der Waals surface area contributed by atoms with Gasteiger partial charge >= 0.3 is 6.03 Å². The Hall–Kier alpha value is -2.69. The van der Waals surface area contributed by atoms with E-state index >= 15 is 0 Å². The molecule has 1 aromatic heterocycles. The molecule has 9 nitrogen and oxygen atoms in total. The first-order valence-electron chi connectivity index (χ1n) is 10.7. The van der Waals surface area contributed by atoms with Gasteiger partial charge in [0.1, 0.15) is 11.6 Å². The maximum absolute atomic E-state index is 13.2. The van der Waals surface area contributed by atoms with Gasteiger partial charge in [0.15, 0.2) is 0 Å². The zero-order chi connectivity index (χ0) is 23.5. The van der Waals surface area contributed by atoms with Crippen LogP contribution in [0.5, 0.6) is 5.88 Å². The van der Waals surface area contributed by atoms with Crippen molar-refractivity contribution in [3.05, 3.63) is 59.2 Å². The Labute approximate surface area is 197 Å². The minimum Gasteiger partial charge on any atom is -0.474 e. The van der Waals surface area contributed by atoms with Crippen LogP contribution in [0.1, 0.15) is 24.8 Å². The zero-order valence-corrected chi connectivity index (χ0v) is 19.4. The molecule has 0 unspecified atom stereocenters. The summed E-state index contributed by atoms with van der Waals surface area (Å²) in [6, 6.07) is 12.1. The van der Waals surface area contributed by atoms with Crippen LogP contribution >= 0.6 is 11.6 Å². The van der Waals surface area contributed by atoms with Gasteiger partial charge in [-0.15, -0.1) is 0 Å². The summed E-state index contributed by atoms with van der Waals surface area (Å²) >= 11 is 5.84. The van der Waals surface area contributed by atoms with Gasteiger partial charge in [0, 0.05) is 25.4 Å². The number of hydrogen-bond acceptors (Lipinski definition) is 6. The molecular formula is C22H25ClN4O5S. The summed E-state index contributed by atoms with van der Waals surface area (Å²) in [5, 5.41) is 5.29. The molecule has 0 saturated carbocycles. The standard InChI is InChI=1S/C22H25ClN4O5S/c23-17-6-7-19(24-14-17)32-18-9-12-27(13-10-18)33(30,31)15-22(20(28)25-21(29)26-22)11-8-16-4-2-1-3-5-16/h1-7,14,18H,8-13,15H2,(H2,25,26,28,29)/t22-/m0/s1. The van der Waals surface area contributed by atoms with E-state index in [9.17, 15) is 18.0 Å². The third kappa shape index (κ3) is 5.63. The molecule has 2 fully saturated rings. The monoisotopic (exact) mass is 492 g/mol. The average molecular weight is 493 g/mol. The highest BCUT2D eigenvalue weighted by molar-refractivity contribution is 7.89. The number of hydrogen-bond donors (Lipinski definition) is 2. The van der Waals surface area contributed by atoms with Crippen LogP contribution in [-0.2, 0) is 21.2 Å². The lowest BCUT2D eigenvalue weighted by atomic mass is 9.93. The molecular weight excluding hydrogens is 468 g/mol. The van der Waals surface area contributed by atoms with E-state index in [0.29, 0.717) is 30.2 Å². The van der Waals surface area contributed by atoms with Crippen molar-refractivity contribution in [1.82, 2.24) is 19.9 Å². The minimum absolute atomic E-state index is 0.174. The molecule has 0 radical (unpaired) electrons. The van der Waals surface area contributed by atoms with Gasteiger partial charge in [-0.1, -0.05) is 41.9 Å². The van der Waals surface area contributed by atoms with E-state index in [2.05, 4.69) is 15.6 Å². The molecule has 4 rings (SSSR count). The first kappa shape index (κ1) is 23.5. The van der Waals surface area contributed by atoms with E-state index in [4.69, 9.17) is 16.3 Å². The maximum atomic E-state index is 13.2. The predicted octanol–water partition coefficient (Wildman–Crippen LogP) is 2.12. The van der Waals surface area contributed by atoms with Crippen molar-refractivity contribution >= 4 is 33.6 Å². The number of halogens is 1. The minimum atomic E-state index is -3.82. The molecule has 2 aliphatic heterocycles. The van der Waals surface area contributed by atoms with E-state index in [1.54, 1.807) is 12.1 Å². The first-order valence-corrected chi connectivity index (χ1v) is 12.7. The SMILES string of the molecule is O=C1NC(=O)[C@](CCc2ccccc2)(CS(=O)(=O)N2CCC(Oc3ccc(Cl)cn3)CC2)N1. The number of rotatable bonds is 8. The Morgan fingerprint density at radius 3 is 2.45 bits per heavy atom. The fourth-order valence-corrected chi connectivity index (χ4v) is 6.15. The molecule has 0 bridgehead atoms. The van der Waals surface area contributed by atoms with Crippen molar-refractivity contribution in [3.8, 4) is 5.88 Å². The van der Waals surface area contributed by atoms with Crippen LogP contribution in [0.3, 0.4) is 0 Å². The van der Waals surface area contributed by atoms with Crippen LogP contribution in [0.2, 0.25) is 5.02 Å². The molecule has 33 heavy (non-hydrogen) atoms. The summed E-state index contributed by atoms with van der Waals surface area (Å²) in [6.45, 7) is 0.510. The molecule has 2 saturated heterocycles. The van der Waals surface area contributed by atoms with Crippen LogP contribution in [0.4, 0.5) is 4.79 Å². The summed E-state index contributed by atoms with van der Waals surface area (Å²) in [6.07, 6.45) is 2.92. The lowest BCUT2D eigenvalue weighted by molar-refractivity contribution is -0.123. The van der Waals surface area contributed by atoms with Gasteiger partial charge in [-0.25, -0.2) is 22.5 Å². The quantitative estimate of drug-likeness (QED) is 0.545. The van der Waals surface area contributed by atoms with Crippen LogP contribution < -0.4 is 15.4 Å². The average Bonchev–Trinajstić information content (AvgIpc) is 3.07.